The molecule has 2 aromatic carbocycles. The monoisotopic (exact) mass is 465 g/mol. The fourth-order valence-corrected chi connectivity index (χ4v) is 4.55. The molecule has 1 fully saturated rings. The minimum Gasteiger partial charge on any atom is -0.481 e. The van der Waals surface area contributed by atoms with E-state index in [1.807, 2.05) is 48.5 Å². The standard InChI is InChI=1S/C25H27N3O6/c29-22-11-5-6-15(27-22)13-26-24(32)21(12-23(30)31)28-25(33)34-14-20-18-9-3-1-7-16(18)17-8-2-4-10-19(17)20/h1-4,7-10,15,20-21H,5-6,11-14H2,(H,26,32)(H,27,29)(H,28,33)(H,30,31). The van der Waals surface area contributed by atoms with Crippen LogP contribution in [0.15, 0.2) is 48.5 Å². The van der Waals surface area contributed by atoms with Crippen LogP contribution in [0.4, 0.5) is 4.79 Å². The number of aliphatic carboxylic acids is 1. The van der Waals surface area contributed by atoms with E-state index in [0.29, 0.717) is 6.42 Å². The first-order chi connectivity index (χ1) is 16.4. The molecule has 0 radical (unpaired) electrons. The first-order valence-corrected chi connectivity index (χ1v) is 11.3. The molecule has 1 aliphatic heterocycles. The number of carboxylic acid groups (broad SMARTS) is 1. The molecule has 1 saturated heterocycles. The van der Waals surface area contributed by atoms with E-state index in [9.17, 15) is 24.3 Å². The van der Waals surface area contributed by atoms with Gasteiger partial charge >= 0.3 is 12.1 Å². The van der Waals surface area contributed by atoms with Crippen LogP contribution in [0.3, 0.4) is 0 Å². The van der Waals surface area contributed by atoms with E-state index in [1.54, 1.807) is 0 Å². The molecule has 0 spiro atoms. The molecular formula is C25H27N3O6. The number of alkyl carbamates (subject to hydrolysis) is 1. The van der Waals surface area contributed by atoms with Gasteiger partial charge in [0.05, 0.1) is 6.42 Å². The minimum absolute atomic E-state index is 0.0510. The van der Waals surface area contributed by atoms with E-state index in [2.05, 4.69) is 16.0 Å². The average molecular weight is 466 g/mol. The van der Waals surface area contributed by atoms with E-state index in [1.165, 1.54) is 0 Å². The third-order valence-electron chi connectivity index (χ3n) is 6.18. The number of piperidine rings is 1. The van der Waals surface area contributed by atoms with Gasteiger partial charge in [-0.25, -0.2) is 4.79 Å². The number of rotatable bonds is 8. The van der Waals surface area contributed by atoms with Gasteiger partial charge in [-0.3, -0.25) is 14.4 Å². The second-order valence-corrected chi connectivity index (χ2v) is 8.52. The summed E-state index contributed by atoms with van der Waals surface area (Å²) < 4.78 is 5.43. The zero-order valence-electron chi connectivity index (χ0n) is 18.6. The Hall–Kier alpha value is -3.88. The highest BCUT2D eigenvalue weighted by atomic mass is 16.5. The van der Waals surface area contributed by atoms with Crippen molar-refractivity contribution in [1.82, 2.24) is 16.0 Å². The largest absolute Gasteiger partial charge is 0.481 e. The van der Waals surface area contributed by atoms with Crippen LogP contribution in [-0.4, -0.2) is 54.2 Å². The summed E-state index contributed by atoms with van der Waals surface area (Å²) in [6.07, 6.45) is 0.440. The lowest BCUT2D eigenvalue weighted by atomic mass is 9.98. The Morgan fingerprint density at radius 1 is 1.06 bits per heavy atom. The normalized spacial score (nSPS) is 17.6. The Labute approximate surface area is 196 Å². The van der Waals surface area contributed by atoms with Gasteiger partial charge in [-0.15, -0.1) is 0 Å². The summed E-state index contributed by atoms with van der Waals surface area (Å²) in [5, 5.41) is 17.0. The molecule has 1 aliphatic carbocycles. The Kier molecular flexibility index (Phi) is 7.10. The highest BCUT2D eigenvalue weighted by Gasteiger charge is 2.30. The maximum Gasteiger partial charge on any atom is 0.407 e. The molecule has 9 nitrogen and oxygen atoms in total. The van der Waals surface area contributed by atoms with E-state index < -0.39 is 30.4 Å². The molecule has 2 aliphatic rings. The van der Waals surface area contributed by atoms with Crippen LogP contribution in [0.2, 0.25) is 0 Å². The van der Waals surface area contributed by atoms with Crippen molar-refractivity contribution in [2.45, 2.75) is 43.7 Å². The van der Waals surface area contributed by atoms with E-state index in [0.717, 1.165) is 35.1 Å². The lowest BCUT2D eigenvalue weighted by molar-refractivity contribution is -0.139. The number of hydrogen-bond donors (Lipinski definition) is 4. The topological polar surface area (TPSA) is 134 Å². The molecule has 34 heavy (non-hydrogen) atoms. The lowest BCUT2D eigenvalue weighted by Gasteiger charge is -2.24. The van der Waals surface area contributed by atoms with Crippen molar-refractivity contribution >= 4 is 23.9 Å². The van der Waals surface area contributed by atoms with Crippen LogP contribution in [0.5, 0.6) is 0 Å². The van der Waals surface area contributed by atoms with Crippen molar-refractivity contribution in [3.63, 3.8) is 0 Å². The molecule has 0 aromatic heterocycles. The maximum atomic E-state index is 12.6. The quantitative estimate of drug-likeness (QED) is 0.472. The van der Waals surface area contributed by atoms with Gasteiger partial charge in [0, 0.05) is 24.9 Å². The summed E-state index contributed by atoms with van der Waals surface area (Å²) in [4.78, 5) is 47.8. The van der Waals surface area contributed by atoms with Crippen LogP contribution in [0, 0.1) is 0 Å². The van der Waals surface area contributed by atoms with Crippen molar-refractivity contribution in [2.24, 2.45) is 0 Å². The van der Waals surface area contributed by atoms with E-state index in [4.69, 9.17) is 4.74 Å². The number of fused-ring (bicyclic) bond motifs is 3. The Balaban J connectivity index is 1.35. The minimum atomic E-state index is -1.30. The lowest BCUT2D eigenvalue weighted by Crippen LogP contribution is -2.52. The van der Waals surface area contributed by atoms with Gasteiger partial charge in [-0.05, 0) is 35.1 Å². The van der Waals surface area contributed by atoms with Gasteiger partial charge in [-0.1, -0.05) is 48.5 Å². The molecule has 4 rings (SSSR count). The van der Waals surface area contributed by atoms with Crippen LogP contribution < -0.4 is 16.0 Å². The summed E-state index contributed by atoms with van der Waals surface area (Å²) in [6, 6.07) is 14.3. The number of ether oxygens (including phenoxy) is 1. The highest BCUT2D eigenvalue weighted by molar-refractivity contribution is 5.89. The highest BCUT2D eigenvalue weighted by Crippen LogP contribution is 2.44. The van der Waals surface area contributed by atoms with Gasteiger partial charge in [0.1, 0.15) is 12.6 Å². The number of nitrogens with one attached hydrogen (secondary N) is 3. The smallest absolute Gasteiger partial charge is 0.407 e. The fraction of sp³-hybridized carbons (Fsp3) is 0.360. The molecule has 4 N–H and O–H groups in total. The number of carbonyl (C=O) groups excluding carboxylic acids is 3. The van der Waals surface area contributed by atoms with E-state index in [-0.39, 0.29) is 31.0 Å². The summed E-state index contributed by atoms with van der Waals surface area (Å²) >= 11 is 0. The molecule has 9 heteroatoms. The molecule has 0 bridgehead atoms. The fourth-order valence-electron chi connectivity index (χ4n) is 4.55. The predicted octanol–water partition coefficient (Wildman–Crippen LogP) is 2.15. The van der Waals surface area contributed by atoms with Gasteiger partial charge in [0.25, 0.3) is 0 Å². The molecule has 178 valence electrons. The second-order valence-electron chi connectivity index (χ2n) is 8.52. The Morgan fingerprint density at radius 3 is 2.32 bits per heavy atom. The second kappa shape index (κ2) is 10.4. The van der Waals surface area contributed by atoms with E-state index >= 15 is 0 Å². The third-order valence-corrected chi connectivity index (χ3v) is 6.18. The van der Waals surface area contributed by atoms with Crippen molar-refractivity contribution in [3.05, 3.63) is 59.7 Å². The van der Waals surface area contributed by atoms with Gasteiger partial charge in [0.15, 0.2) is 0 Å². The molecule has 3 amide bonds. The first kappa shape index (κ1) is 23.3. The number of benzene rings is 2. The summed E-state index contributed by atoms with van der Waals surface area (Å²) in [5.74, 6) is -2.11. The first-order valence-electron chi connectivity index (χ1n) is 11.3. The van der Waals surface area contributed by atoms with Crippen LogP contribution in [0.1, 0.15) is 42.7 Å². The number of carboxylic acids is 1. The van der Waals surface area contributed by atoms with Crippen molar-refractivity contribution in [1.29, 1.82) is 0 Å². The van der Waals surface area contributed by atoms with Crippen LogP contribution in [-0.2, 0) is 19.1 Å². The van der Waals surface area contributed by atoms with Gasteiger partial charge < -0.3 is 25.8 Å². The molecule has 2 unspecified atom stereocenters. The Morgan fingerprint density at radius 2 is 1.71 bits per heavy atom. The summed E-state index contributed by atoms with van der Waals surface area (Å²) in [6.45, 7) is 0.211. The number of carbonyl (C=O) groups is 4. The van der Waals surface area contributed by atoms with Crippen molar-refractivity contribution in [3.8, 4) is 11.1 Å². The predicted molar refractivity (Wildman–Crippen MR) is 123 cm³/mol. The summed E-state index contributed by atoms with van der Waals surface area (Å²) in [7, 11) is 0. The Bertz CT molecular complexity index is 1060. The average Bonchev–Trinajstić information content (AvgIpc) is 3.14. The van der Waals surface area contributed by atoms with Crippen molar-refractivity contribution in [2.75, 3.05) is 13.2 Å². The molecule has 0 saturated carbocycles. The van der Waals surface area contributed by atoms with Gasteiger partial charge in [-0.2, -0.15) is 0 Å². The zero-order chi connectivity index (χ0) is 24.1. The molecular weight excluding hydrogens is 438 g/mol. The molecule has 2 atom stereocenters. The van der Waals surface area contributed by atoms with Crippen molar-refractivity contribution < 1.29 is 29.0 Å². The van der Waals surface area contributed by atoms with Crippen LogP contribution in [0.25, 0.3) is 11.1 Å². The maximum absolute atomic E-state index is 12.6. The van der Waals surface area contributed by atoms with Crippen LogP contribution >= 0.6 is 0 Å². The third kappa shape index (κ3) is 5.36. The molecule has 1 heterocycles. The summed E-state index contributed by atoms with van der Waals surface area (Å²) in [5.41, 5.74) is 4.27. The molecule has 2 aromatic rings. The SMILES string of the molecule is O=C(O)CC(NC(=O)OCC1c2ccccc2-c2ccccc21)C(=O)NCC1CCCC(=O)N1. The number of amides is 3. The van der Waals surface area contributed by atoms with Gasteiger partial charge in [0.2, 0.25) is 11.8 Å². The number of hydrogen-bond acceptors (Lipinski definition) is 5. The zero-order valence-corrected chi connectivity index (χ0v) is 18.6.